The van der Waals surface area contributed by atoms with Crippen molar-refractivity contribution in [3.05, 3.63) is 29.8 Å². The van der Waals surface area contributed by atoms with Crippen molar-refractivity contribution in [2.75, 3.05) is 5.33 Å². The Kier molecular flexibility index (Phi) is 4.80. The van der Waals surface area contributed by atoms with Gasteiger partial charge in [-0.1, -0.05) is 28.9 Å². The first-order valence-electron chi connectivity index (χ1n) is 5.20. The van der Waals surface area contributed by atoms with Gasteiger partial charge in [0.05, 0.1) is 0 Å². The Labute approximate surface area is 104 Å². The predicted octanol–water partition coefficient (Wildman–Crippen LogP) is 2.54. The molecular weight excluding hydrogens is 270 g/mol. The highest BCUT2D eigenvalue weighted by molar-refractivity contribution is 9.09. The van der Waals surface area contributed by atoms with E-state index in [0.29, 0.717) is 11.5 Å². The fraction of sp³-hybridized carbons (Fsp3) is 0.417. The molecule has 2 atom stereocenters. The third-order valence-electron chi connectivity index (χ3n) is 2.56. The average Bonchev–Trinajstić information content (AvgIpc) is 2.27. The van der Waals surface area contributed by atoms with Crippen molar-refractivity contribution in [3.8, 4) is 5.75 Å². The summed E-state index contributed by atoms with van der Waals surface area (Å²) >= 11 is 3.38. The van der Waals surface area contributed by atoms with Crippen LogP contribution in [0.25, 0.3) is 0 Å². The van der Waals surface area contributed by atoms with Crippen molar-refractivity contribution in [2.45, 2.75) is 19.9 Å². The second-order valence-electron chi connectivity index (χ2n) is 3.94. The lowest BCUT2D eigenvalue weighted by atomic mass is 10.1. The van der Waals surface area contributed by atoms with Crippen molar-refractivity contribution in [3.63, 3.8) is 0 Å². The molecule has 16 heavy (non-hydrogen) atoms. The molecule has 0 aliphatic heterocycles. The quantitative estimate of drug-likeness (QED) is 0.836. The molecule has 0 bridgehead atoms. The van der Waals surface area contributed by atoms with Gasteiger partial charge in [0.1, 0.15) is 5.75 Å². The van der Waals surface area contributed by atoms with Gasteiger partial charge in [0.15, 0.2) is 0 Å². The first kappa shape index (κ1) is 13.0. The van der Waals surface area contributed by atoms with Crippen molar-refractivity contribution in [1.29, 1.82) is 0 Å². The summed E-state index contributed by atoms with van der Waals surface area (Å²) in [4.78, 5) is 11.8. The van der Waals surface area contributed by atoms with E-state index < -0.39 is 0 Å². The topological polar surface area (TPSA) is 49.3 Å². The highest BCUT2D eigenvalue weighted by atomic mass is 79.9. The summed E-state index contributed by atoms with van der Waals surface area (Å²) in [7, 11) is 0. The second-order valence-corrected chi connectivity index (χ2v) is 4.59. The lowest BCUT2D eigenvalue weighted by Gasteiger charge is -2.19. The number of amides is 1. The lowest BCUT2D eigenvalue weighted by molar-refractivity contribution is 0.0931. The zero-order valence-electron chi connectivity index (χ0n) is 9.40. The molecule has 2 unspecified atom stereocenters. The molecule has 0 saturated heterocycles. The van der Waals surface area contributed by atoms with Gasteiger partial charge < -0.3 is 10.4 Å². The van der Waals surface area contributed by atoms with Gasteiger partial charge in [-0.3, -0.25) is 4.79 Å². The maximum absolute atomic E-state index is 11.8. The monoisotopic (exact) mass is 285 g/mol. The van der Waals surface area contributed by atoms with Crippen LogP contribution < -0.4 is 5.32 Å². The minimum atomic E-state index is -0.156. The van der Waals surface area contributed by atoms with Crippen LogP contribution in [0.5, 0.6) is 5.75 Å². The number of carbonyl (C=O) groups is 1. The van der Waals surface area contributed by atoms with E-state index in [4.69, 9.17) is 0 Å². The Morgan fingerprint density at radius 3 is 2.75 bits per heavy atom. The molecule has 0 saturated carbocycles. The van der Waals surface area contributed by atoms with Crippen LogP contribution in [0, 0.1) is 5.92 Å². The Morgan fingerprint density at radius 1 is 1.50 bits per heavy atom. The number of hydrogen-bond donors (Lipinski definition) is 2. The molecule has 0 radical (unpaired) electrons. The predicted molar refractivity (Wildman–Crippen MR) is 68.0 cm³/mol. The van der Waals surface area contributed by atoms with Gasteiger partial charge in [-0.15, -0.1) is 0 Å². The molecule has 0 heterocycles. The van der Waals surface area contributed by atoms with E-state index in [1.54, 1.807) is 18.2 Å². The third kappa shape index (κ3) is 3.52. The Balaban J connectivity index is 2.66. The SMILES string of the molecule is CC(CBr)C(C)NC(=O)c1cccc(O)c1. The van der Waals surface area contributed by atoms with Crippen LogP contribution in [-0.4, -0.2) is 22.4 Å². The number of phenols is 1. The smallest absolute Gasteiger partial charge is 0.251 e. The van der Waals surface area contributed by atoms with Crippen molar-refractivity contribution in [1.82, 2.24) is 5.32 Å². The largest absolute Gasteiger partial charge is 0.508 e. The van der Waals surface area contributed by atoms with Gasteiger partial charge >= 0.3 is 0 Å². The summed E-state index contributed by atoms with van der Waals surface area (Å²) in [6.07, 6.45) is 0. The van der Waals surface area contributed by atoms with Crippen LogP contribution >= 0.6 is 15.9 Å². The van der Waals surface area contributed by atoms with Crippen LogP contribution in [-0.2, 0) is 0 Å². The molecule has 0 aliphatic carbocycles. The summed E-state index contributed by atoms with van der Waals surface area (Å²) in [5.41, 5.74) is 0.480. The number of phenolic OH excluding ortho intramolecular Hbond substituents is 1. The molecule has 4 heteroatoms. The Morgan fingerprint density at radius 2 is 2.19 bits per heavy atom. The molecule has 88 valence electrons. The summed E-state index contributed by atoms with van der Waals surface area (Å²) in [5, 5.41) is 13.0. The van der Waals surface area contributed by atoms with Gasteiger partial charge in [-0.05, 0) is 31.0 Å². The van der Waals surface area contributed by atoms with Crippen molar-refractivity contribution >= 4 is 21.8 Å². The summed E-state index contributed by atoms with van der Waals surface area (Å²) in [6.45, 7) is 4.02. The van der Waals surface area contributed by atoms with Gasteiger partial charge in [0.2, 0.25) is 0 Å². The summed E-state index contributed by atoms with van der Waals surface area (Å²) in [6, 6.07) is 6.43. The van der Waals surface area contributed by atoms with Crippen LogP contribution in [0.2, 0.25) is 0 Å². The molecule has 0 aliphatic rings. The number of carbonyl (C=O) groups excluding carboxylic acids is 1. The fourth-order valence-electron chi connectivity index (χ4n) is 1.21. The molecule has 3 nitrogen and oxygen atoms in total. The lowest BCUT2D eigenvalue weighted by Crippen LogP contribution is -2.37. The van der Waals surface area contributed by atoms with Crippen molar-refractivity contribution in [2.24, 2.45) is 5.92 Å². The standard InChI is InChI=1S/C12H16BrNO2/c1-8(7-13)9(2)14-12(16)10-4-3-5-11(15)6-10/h3-6,8-9,15H,7H2,1-2H3,(H,14,16). The highest BCUT2D eigenvalue weighted by Gasteiger charge is 2.14. The van der Waals surface area contributed by atoms with E-state index in [1.165, 1.54) is 6.07 Å². The van der Waals surface area contributed by atoms with Gasteiger partial charge in [0, 0.05) is 16.9 Å². The molecule has 0 aromatic heterocycles. The first-order valence-corrected chi connectivity index (χ1v) is 6.32. The third-order valence-corrected chi connectivity index (χ3v) is 3.59. The van der Waals surface area contributed by atoms with Crippen LogP contribution in [0.3, 0.4) is 0 Å². The van der Waals surface area contributed by atoms with E-state index in [9.17, 15) is 9.90 Å². The average molecular weight is 286 g/mol. The molecule has 1 rings (SSSR count). The maximum Gasteiger partial charge on any atom is 0.251 e. The van der Waals surface area contributed by atoms with Crippen LogP contribution in [0.15, 0.2) is 24.3 Å². The summed E-state index contributed by atoms with van der Waals surface area (Å²) < 4.78 is 0. The van der Waals surface area contributed by atoms with Crippen molar-refractivity contribution < 1.29 is 9.90 Å². The Hall–Kier alpha value is -1.03. The summed E-state index contributed by atoms with van der Waals surface area (Å²) in [5.74, 6) is 0.311. The maximum atomic E-state index is 11.8. The molecule has 0 spiro atoms. The van der Waals surface area contributed by atoms with E-state index >= 15 is 0 Å². The molecule has 2 N–H and O–H groups in total. The number of benzene rings is 1. The molecule has 1 aromatic carbocycles. The molecule has 1 aromatic rings. The van der Waals surface area contributed by atoms with E-state index in [-0.39, 0.29) is 17.7 Å². The molecule has 0 fully saturated rings. The van der Waals surface area contributed by atoms with Crippen LogP contribution in [0.4, 0.5) is 0 Å². The van der Waals surface area contributed by atoms with E-state index in [2.05, 4.69) is 28.2 Å². The number of nitrogens with one attached hydrogen (secondary N) is 1. The van der Waals surface area contributed by atoms with Gasteiger partial charge in [0.25, 0.3) is 5.91 Å². The minimum absolute atomic E-state index is 0.0919. The normalized spacial score (nSPS) is 14.2. The van der Waals surface area contributed by atoms with Gasteiger partial charge in [-0.2, -0.15) is 0 Å². The number of aromatic hydroxyl groups is 1. The number of alkyl halides is 1. The zero-order chi connectivity index (χ0) is 12.1. The van der Waals surface area contributed by atoms with Gasteiger partial charge in [-0.25, -0.2) is 0 Å². The zero-order valence-corrected chi connectivity index (χ0v) is 11.0. The highest BCUT2D eigenvalue weighted by Crippen LogP contribution is 2.12. The number of halogens is 1. The van der Waals surface area contributed by atoms with E-state index in [0.717, 1.165) is 5.33 Å². The van der Waals surface area contributed by atoms with Crippen LogP contribution in [0.1, 0.15) is 24.2 Å². The minimum Gasteiger partial charge on any atom is -0.508 e. The van der Waals surface area contributed by atoms with E-state index in [1.807, 2.05) is 6.92 Å². The molecule has 1 amide bonds. The fourth-order valence-corrected chi connectivity index (χ4v) is 1.77. The number of rotatable bonds is 4. The number of hydrogen-bond acceptors (Lipinski definition) is 2. The first-order chi connectivity index (χ1) is 7.54. The molecular formula is C12H16BrNO2. The Bertz CT molecular complexity index is 368. The second kappa shape index (κ2) is 5.89.